The molecule has 0 atom stereocenters. The Kier molecular flexibility index (Phi) is 3.73. The first-order valence-corrected chi connectivity index (χ1v) is 7.66. The van der Waals surface area contributed by atoms with Crippen LogP contribution in [0.25, 0.3) is 11.4 Å². The van der Waals surface area contributed by atoms with Gasteiger partial charge >= 0.3 is 0 Å². The lowest BCUT2D eigenvalue weighted by Crippen LogP contribution is -2.35. The van der Waals surface area contributed by atoms with Crippen molar-refractivity contribution in [3.8, 4) is 0 Å². The summed E-state index contributed by atoms with van der Waals surface area (Å²) < 4.78 is 0. The molecule has 0 saturated heterocycles. The van der Waals surface area contributed by atoms with Crippen molar-refractivity contribution >= 4 is 17.2 Å². The highest BCUT2D eigenvalue weighted by molar-refractivity contribution is 5.96. The number of hydrogen-bond acceptors (Lipinski definition) is 5. The third-order valence-electron chi connectivity index (χ3n) is 3.72. The predicted molar refractivity (Wildman–Crippen MR) is 94.4 cm³/mol. The molecule has 0 spiro atoms. The summed E-state index contributed by atoms with van der Waals surface area (Å²) in [5.74, 6) is 0.753. The van der Waals surface area contributed by atoms with Crippen molar-refractivity contribution < 1.29 is 0 Å². The molecule has 116 valence electrons. The lowest BCUT2D eigenvalue weighted by Gasteiger charge is -2.28. The number of hydrazine groups is 1. The highest BCUT2D eigenvalue weighted by Gasteiger charge is 2.23. The first-order chi connectivity index (χ1) is 11.9. The zero-order valence-corrected chi connectivity index (χ0v) is 12.9. The van der Waals surface area contributed by atoms with Gasteiger partial charge in [-0.25, -0.2) is 9.99 Å². The first-order valence-electron chi connectivity index (χ1n) is 7.66. The number of anilines is 1. The van der Waals surface area contributed by atoms with Crippen molar-refractivity contribution in [2.24, 2.45) is 10.3 Å². The molecule has 1 N–H and O–H groups in total. The molecule has 0 radical (unpaired) electrons. The lowest BCUT2D eigenvalue weighted by molar-refractivity contribution is 0.693. The topological polar surface area (TPSA) is 52.9 Å². The maximum absolute atomic E-state index is 4.43. The standard InChI is InChI=1S/C19H15N5/c1-3-9-15(10-4-1)18-19(16-11-5-2-6-12-16)24(23-22-21-18)17-13-7-8-14-20-17/h1-14H,(H,21,23). The summed E-state index contributed by atoms with van der Waals surface area (Å²) in [5, 5.41) is 10.3. The molecule has 1 aliphatic rings. The van der Waals surface area contributed by atoms with E-state index in [0.717, 1.165) is 28.3 Å². The third-order valence-corrected chi connectivity index (χ3v) is 3.72. The van der Waals surface area contributed by atoms with E-state index in [2.05, 4.69) is 33.0 Å². The van der Waals surface area contributed by atoms with Gasteiger partial charge in [0.2, 0.25) is 0 Å². The van der Waals surface area contributed by atoms with Gasteiger partial charge in [-0.3, -0.25) is 0 Å². The van der Waals surface area contributed by atoms with Gasteiger partial charge < -0.3 is 0 Å². The van der Waals surface area contributed by atoms with Crippen molar-refractivity contribution in [1.82, 2.24) is 10.5 Å². The van der Waals surface area contributed by atoms with Crippen LogP contribution in [0.5, 0.6) is 0 Å². The lowest BCUT2D eigenvalue weighted by atomic mass is 10.0. The van der Waals surface area contributed by atoms with Crippen LogP contribution < -0.4 is 10.5 Å². The number of rotatable bonds is 3. The average Bonchev–Trinajstić information content (AvgIpc) is 2.69. The molecule has 0 unspecified atom stereocenters. The van der Waals surface area contributed by atoms with Crippen LogP contribution in [0, 0.1) is 0 Å². The highest BCUT2D eigenvalue weighted by atomic mass is 15.7. The van der Waals surface area contributed by atoms with Crippen LogP contribution in [-0.2, 0) is 0 Å². The van der Waals surface area contributed by atoms with E-state index in [9.17, 15) is 0 Å². The SMILES string of the molecule is c1ccc(C2=C(c3ccccc3)N(c3ccccn3)NN=N2)cc1. The molecule has 0 fully saturated rings. The molecule has 0 amide bonds. The number of nitrogens with zero attached hydrogens (tertiary/aromatic N) is 4. The van der Waals surface area contributed by atoms with E-state index in [0.29, 0.717) is 0 Å². The largest absolute Gasteiger partial charge is 0.237 e. The predicted octanol–water partition coefficient (Wildman–Crippen LogP) is 4.30. The fraction of sp³-hybridized carbons (Fsp3) is 0. The van der Waals surface area contributed by atoms with Crippen molar-refractivity contribution in [3.05, 3.63) is 96.2 Å². The third kappa shape index (κ3) is 2.63. The van der Waals surface area contributed by atoms with Gasteiger partial charge in [0.05, 0.1) is 0 Å². The molecular weight excluding hydrogens is 298 g/mol. The Morgan fingerprint density at radius 3 is 2.04 bits per heavy atom. The molecule has 1 aliphatic heterocycles. The van der Waals surface area contributed by atoms with Gasteiger partial charge in [0.15, 0.2) is 5.82 Å². The van der Waals surface area contributed by atoms with Crippen molar-refractivity contribution in [2.45, 2.75) is 0 Å². The van der Waals surface area contributed by atoms with E-state index < -0.39 is 0 Å². The Morgan fingerprint density at radius 1 is 0.708 bits per heavy atom. The van der Waals surface area contributed by atoms with Crippen LogP contribution in [-0.4, -0.2) is 4.98 Å². The van der Waals surface area contributed by atoms with Gasteiger partial charge in [-0.2, -0.15) is 5.53 Å². The molecule has 24 heavy (non-hydrogen) atoms. The van der Waals surface area contributed by atoms with Gasteiger partial charge in [0, 0.05) is 17.3 Å². The van der Waals surface area contributed by atoms with E-state index in [1.807, 2.05) is 71.7 Å². The van der Waals surface area contributed by atoms with E-state index in [1.54, 1.807) is 6.20 Å². The first kappa shape index (κ1) is 14.1. The average molecular weight is 313 g/mol. The van der Waals surface area contributed by atoms with Crippen LogP contribution >= 0.6 is 0 Å². The smallest absolute Gasteiger partial charge is 0.153 e. The Hall–Kier alpha value is -3.47. The van der Waals surface area contributed by atoms with Crippen LogP contribution in [0.1, 0.15) is 11.1 Å². The fourth-order valence-corrected chi connectivity index (χ4v) is 2.62. The van der Waals surface area contributed by atoms with Gasteiger partial charge in [-0.1, -0.05) is 72.0 Å². The Labute approximate surface area is 139 Å². The normalized spacial score (nSPS) is 13.8. The molecule has 0 saturated carbocycles. The minimum atomic E-state index is 0.753. The van der Waals surface area contributed by atoms with Gasteiger partial charge in [-0.05, 0) is 12.1 Å². The van der Waals surface area contributed by atoms with Crippen LogP contribution in [0.4, 0.5) is 5.82 Å². The van der Waals surface area contributed by atoms with Crippen LogP contribution in [0.2, 0.25) is 0 Å². The molecule has 4 rings (SSSR count). The highest BCUT2D eigenvalue weighted by Crippen LogP contribution is 2.34. The molecule has 0 aliphatic carbocycles. The minimum absolute atomic E-state index is 0.753. The number of pyridine rings is 1. The van der Waals surface area contributed by atoms with E-state index >= 15 is 0 Å². The van der Waals surface area contributed by atoms with Crippen LogP contribution in [0.3, 0.4) is 0 Å². The molecule has 2 aromatic carbocycles. The number of aromatic nitrogens is 1. The summed E-state index contributed by atoms with van der Waals surface area (Å²) in [5.41, 5.74) is 6.70. The van der Waals surface area contributed by atoms with Gasteiger partial charge in [-0.15, -0.1) is 5.11 Å². The van der Waals surface area contributed by atoms with E-state index in [1.165, 1.54) is 0 Å². The number of hydrogen-bond donors (Lipinski definition) is 1. The molecule has 1 aromatic heterocycles. The minimum Gasteiger partial charge on any atom is -0.237 e. The Bertz CT molecular complexity index is 873. The summed E-state index contributed by atoms with van der Waals surface area (Å²) in [4.78, 5) is 4.43. The van der Waals surface area contributed by atoms with Crippen molar-refractivity contribution in [1.29, 1.82) is 0 Å². The monoisotopic (exact) mass is 313 g/mol. The maximum Gasteiger partial charge on any atom is 0.153 e. The Morgan fingerprint density at radius 2 is 1.38 bits per heavy atom. The second kappa shape index (κ2) is 6.34. The fourth-order valence-electron chi connectivity index (χ4n) is 2.62. The summed E-state index contributed by atoms with van der Waals surface area (Å²) in [6.07, 6.45) is 1.76. The summed E-state index contributed by atoms with van der Waals surface area (Å²) in [6.45, 7) is 0. The van der Waals surface area contributed by atoms with Crippen molar-refractivity contribution in [2.75, 3.05) is 5.01 Å². The zero-order chi connectivity index (χ0) is 16.2. The van der Waals surface area contributed by atoms with Crippen LogP contribution in [0.15, 0.2) is 95.4 Å². The summed E-state index contributed by atoms with van der Waals surface area (Å²) in [7, 11) is 0. The van der Waals surface area contributed by atoms with E-state index in [-0.39, 0.29) is 0 Å². The quantitative estimate of drug-likeness (QED) is 0.784. The van der Waals surface area contributed by atoms with Crippen molar-refractivity contribution in [3.63, 3.8) is 0 Å². The molecule has 3 aromatic rings. The maximum atomic E-state index is 4.43. The molecule has 5 nitrogen and oxygen atoms in total. The van der Waals surface area contributed by atoms with Gasteiger partial charge in [0.25, 0.3) is 0 Å². The summed E-state index contributed by atoms with van der Waals surface area (Å²) in [6, 6.07) is 25.9. The zero-order valence-electron chi connectivity index (χ0n) is 12.9. The molecular formula is C19H15N5. The Balaban J connectivity index is 1.93. The molecule has 2 heterocycles. The number of nitrogens with one attached hydrogen (secondary N) is 1. The van der Waals surface area contributed by atoms with Gasteiger partial charge in [0.1, 0.15) is 11.4 Å². The molecule has 0 bridgehead atoms. The number of benzene rings is 2. The summed E-state index contributed by atoms with van der Waals surface area (Å²) >= 11 is 0. The molecule has 5 heteroatoms. The van der Waals surface area contributed by atoms with E-state index in [4.69, 9.17) is 0 Å². The second-order valence-corrected chi connectivity index (χ2v) is 5.25. The second-order valence-electron chi connectivity index (χ2n) is 5.25.